The van der Waals surface area contributed by atoms with Gasteiger partial charge in [-0.1, -0.05) is 29.7 Å². The summed E-state index contributed by atoms with van der Waals surface area (Å²) in [5.74, 6) is 0. The van der Waals surface area contributed by atoms with Gasteiger partial charge in [0.25, 0.3) is 0 Å². The Morgan fingerprint density at radius 1 is 0.774 bits per heavy atom. The van der Waals surface area contributed by atoms with Gasteiger partial charge in [-0.2, -0.15) is 24.3 Å². The first-order valence-electron chi connectivity index (χ1n) is 8.76. The van der Waals surface area contributed by atoms with E-state index in [4.69, 9.17) is 0 Å². The summed E-state index contributed by atoms with van der Waals surface area (Å²) in [4.78, 5) is 31.2. The van der Waals surface area contributed by atoms with Gasteiger partial charge >= 0.3 is 0 Å². The van der Waals surface area contributed by atoms with Crippen molar-refractivity contribution in [3.8, 4) is 0 Å². The van der Waals surface area contributed by atoms with Gasteiger partial charge in [0.05, 0.1) is 0 Å². The zero-order chi connectivity index (χ0) is 20.7. The molecule has 2 radical (unpaired) electrons. The average Bonchev–Trinajstić information content (AvgIpc) is 2.67. The van der Waals surface area contributed by atoms with Crippen LogP contribution in [0.15, 0.2) is 36.4 Å². The predicted molar refractivity (Wildman–Crippen MR) is 107 cm³/mol. The molecule has 0 atom stereocenters. The number of nitro benzene ring substituents is 2. The third-order valence-corrected chi connectivity index (χ3v) is 4.70. The van der Waals surface area contributed by atoms with Crippen molar-refractivity contribution in [3.05, 3.63) is 91.3 Å². The first kappa shape index (κ1) is 25.5. The molecule has 0 aliphatic heterocycles. The second kappa shape index (κ2) is 10.3. The van der Waals surface area contributed by atoms with E-state index >= 15 is 0 Å². The Kier molecular flexibility index (Phi) is 8.45. The quantitative estimate of drug-likeness (QED) is 0.207. The second-order valence-electron chi connectivity index (χ2n) is 6.71. The van der Waals surface area contributed by atoms with Gasteiger partial charge in [0.2, 0.25) is 0 Å². The van der Waals surface area contributed by atoms with Crippen LogP contribution in [-0.2, 0) is 71.8 Å². The molecule has 2 heterocycles. The summed E-state index contributed by atoms with van der Waals surface area (Å²) in [5.41, 5.74) is 2.62. The molecule has 2 aromatic carbocycles. The number of aryl methyl sites for hydroxylation is 2. The fourth-order valence-electron chi connectivity index (χ4n) is 3.42. The SMILES string of the molecule is Cc1ccc2c([N+](=O)[O-])c(Cc3c[c-]c4nc(C)ccc4c3[N+](=O)[O-])c[c-]c2n1.[Y].[Y]. The summed E-state index contributed by atoms with van der Waals surface area (Å²) < 4.78 is 0. The predicted octanol–water partition coefficient (Wildman–Crippen LogP) is 4.40. The molecule has 4 aromatic rings. The number of rotatable bonds is 4. The van der Waals surface area contributed by atoms with Crippen LogP contribution in [0, 0.1) is 46.2 Å². The van der Waals surface area contributed by atoms with E-state index in [0.29, 0.717) is 32.9 Å². The van der Waals surface area contributed by atoms with Crippen LogP contribution in [-0.4, -0.2) is 19.8 Å². The van der Waals surface area contributed by atoms with Crippen molar-refractivity contribution < 1.29 is 75.3 Å². The Bertz CT molecular complexity index is 1230. The van der Waals surface area contributed by atoms with Crippen LogP contribution in [0.25, 0.3) is 21.8 Å². The van der Waals surface area contributed by atoms with Gasteiger partial charge in [-0.15, -0.1) is 12.1 Å². The minimum Gasteiger partial charge on any atom is -0.280 e. The van der Waals surface area contributed by atoms with Crippen molar-refractivity contribution in [1.82, 2.24) is 9.97 Å². The number of nitrogens with zero attached hydrogens (tertiary/aromatic N) is 4. The Morgan fingerprint density at radius 3 is 1.52 bits per heavy atom. The van der Waals surface area contributed by atoms with Crippen LogP contribution in [0.1, 0.15) is 22.5 Å². The molecule has 4 rings (SSSR count). The first-order valence-corrected chi connectivity index (χ1v) is 8.76. The molecule has 0 aliphatic carbocycles. The van der Waals surface area contributed by atoms with Gasteiger partial charge in [-0.3, -0.25) is 30.2 Å². The number of pyridine rings is 2. The van der Waals surface area contributed by atoms with Crippen LogP contribution < -0.4 is 0 Å². The molecule has 10 heteroatoms. The fraction of sp³-hybridized carbons (Fsp3) is 0.143. The number of hydrogen-bond acceptors (Lipinski definition) is 6. The molecular weight excluding hydrogens is 550 g/mol. The molecular formula is C21H14N4O4Y2-2. The van der Waals surface area contributed by atoms with E-state index in [-0.39, 0.29) is 83.2 Å². The molecule has 2 aromatic heterocycles. The summed E-state index contributed by atoms with van der Waals surface area (Å²) in [6.45, 7) is 3.58. The Hall–Kier alpha value is -1.73. The van der Waals surface area contributed by atoms with E-state index in [1.54, 1.807) is 38.1 Å². The number of nitro groups is 2. The summed E-state index contributed by atoms with van der Waals surface area (Å²) in [6.07, 6.45) is -0.00669. The Labute approximate surface area is 227 Å². The van der Waals surface area contributed by atoms with Crippen LogP contribution in [0.3, 0.4) is 0 Å². The van der Waals surface area contributed by atoms with Crippen molar-refractivity contribution >= 4 is 33.2 Å². The van der Waals surface area contributed by atoms with E-state index in [1.165, 1.54) is 12.1 Å². The zero-order valence-electron chi connectivity index (χ0n) is 16.7. The van der Waals surface area contributed by atoms with Crippen LogP contribution in [0.4, 0.5) is 11.4 Å². The Balaban J connectivity index is 0.00000171. The maximum Gasteiger partial charge on any atom is 0.177 e. The standard InChI is InChI=1S/C21H14N4O4.2Y/c1-12-3-7-16-18(22-12)9-5-14(20(16)24(26)27)11-15-6-10-19-17(21(15)25(28)29)8-4-13(2)23-19;;/h3-8H,11H2,1-2H3;;/q-2;;. The molecule has 0 bridgehead atoms. The van der Waals surface area contributed by atoms with Crippen molar-refractivity contribution in [1.29, 1.82) is 0 Å². The number of fused-ring (bicyclic) bond motifs is 2. The fourth-order valence-corrected chi connectivity index (χ4v) is 3.42. The van der Waals surface area contributed by atoms with E-state index in [1.807, 2.05) is 0 Å². The third kappa shape index (κ3) is 5.03. The molecule has 0 saturated carbocycles. The monoisotopic (exact) mass is 564 g/mol. The number of benzene rings is 2. The minimum atomic E-state index is -0.482. The molecule has 0 spiro atoms. The summed E-state index contributed by atoms with van der Waals surface area (Å²) >= 11 is 0. The van der Waals surface area contributed by atoms with Gasteiger partial charge in [0.1, 0.15) is 0 Å². The first-order chi connectivity index (χ1) is 13.8. The van der Waals surface area contributed by atoms with Crippen molar-refractivity contribution in [2.24, 2.45) is 0 Å². The number of aromatic nitrogens is 2. The molecule has 150 valence electrons. The van der Waals surface area contributed by atoms with Crippen molar-refractivity contribution in [3.63, 3.8) is 0 Å². The second-order valence-corrected chi connectivity index (χ2v) is 6.71. The van der Waals surface area contributed by atoms with Gasteiger partial charge in [0, 0.05) is 86.7 Å². The van der Waals surface area contributed by atoms with Crippen LogP contribution >= 0.6 is 0 Å². The minimum absolute atomic E-state index is 0. The molecule has 0 aliphatic rings. The maximum absolute atomic E-state index is 11.8. The molecule has 8 nitrogen and oxygen atoms in total. The van der Waals surface area contributed by atoms with Gasteiger partial charge < -0.3 is 0 Å². The van der Waals surface area contributed by atoms with Gasteiger partial charge in [0.15, 0.2) is 11.4 Å². The van der Waals surface area contributed by atoms with Gasteiger partial charge in [-0.05, 0) is 35.7 Å². The summed E-state index contributed by atoms with van der Waals surface area (Å²) in [5, 5.41) is 24.3. The molecule has 0 amide bonds. The molecule has 31 heavy (non-hydrogen) atoms. The van der Waals surface area contributed by atoms with Crippen molar-refractivity contribution in [2.75, 3.05) is 0 Å². The van der Waals surface area contributed by atoms with Crippen LogP contribution in [0.2, 0.25) is 0 Å². The summed E-state index contributed by atoms with van der Waals surface area (Å²) in [7, 11) is 0. The molecule has 0 N–H and O–H groups in total. The topological polar surface area (TPSA) is 112 Å². The summed E-state index contributed by atoms with van der Waals surface area (Å²) in [6, 6.07) is 15.5. The van der Waals surface area contributed by atoms with E-state index in [0.717, 1.165) is 11.4 Å². The number of hydrogen-bond donors (Lipinski definition) is 0. The average molecular weight is 564 g/mol. The van der Waals surface area contributed by atoms with E-state index in [2.05, 4.69) is 22.1 Å². The normalized spacial score (nSPS) is 10.4. The zero-order valence-corrected chi connectivity index (χ0v) is 22.4. The smallest absolute Gasteiger partial charge is 0.177 e. The Morgan fingerprint density at radius 2 is 1.16 bits per heavy atom. The van der Waals surface area contributed by atoms with E-state index < -0.39 is 9.85 Å². The van der Waals surface area contributed by atoms with Gasteiger partial charge in [-0.25, -0.2) is 0 Å². The molecule has 0 fully saturated rings. The van der Waals surface area contributed by atoms with E-state index in [9.17, 15) is 20.2 Å². The van der Waals surface area contributed by atoms with Crippen molar-refractivity contribution in [2.45, 2.75) is 20.3 Å². The largest absolute Gasteiger partial charge is 0.280 e. The maximum atomic E-state index is 11.8. The third-order valence-electron chi connectivity index (χ3n) is 4.70. The molecule has 0 unspecified atom stereocenters. The van der Waals surface area contributed by atoms with Crippen LogP contribution in [0.5, 0.6) is 0 Å². The molecule has 0 saturated heterocycles.